The first-order chi connectivity index (χ1) is 11.9. The van der Waals surface area contributed by atoms with Gasteiger partial charge in [0.25, 0.3) is 5.69 Å². The Hall–Kier alpha value is -3.60. The minimum atomic E-state index is -1.37. The third kappa shape index (κ3) is 2.83. The van der Waals surface area contributed by atoms with Crippen LogP contribution in [0.4, 0.5) is 17.1 Å². The van der Waals surface area contributed by atoms with E-state index in [9.17, 15) is 19.7 Å². The fourth-order valence-electron chi connectivity index (χ4n) is 2.42. The number of aliphatic imine (C=N–C) groups is 1. The summed E-state index contributed by atoms with van der Waals surface area (Å²) in [6, 6.07) is 1.28. The molecule has 1 aliphatic heterocycles. The van der Waals surface area contributed by atoms with Gasteiger partial charge in [0.15, 0.2) is 5.71 Å². The number of aliphatic carboxylic acids is 1. The number of carboxylic acids is 1. The van der Waals surface area contributed by atoms with Crippen LogP contribution in [-0.4, -0.2) is 48.7 Å². The second-order valence-electron chi connectivity index (χ2n) is 5.11. The van der Waals surface area contributed by atoms with Crippen LogP contribution < -0.4 is 5.32 Å². The van der Waals surface area contributed by atoms with Gasteiger partial charge >= 0.3 is 5.97 Å². The van der Waals surface area contributed by atoms with Crippen LogP contribution in [0, 0.1) is 10.1 Å². The van der Waals surface area contributed by atoms with E-state index in [2.05, 4.69) is 15.3 Å². The summed E-state index contributed by atoms with van der Waals surface area (Å²) in [4.78, 5) is 40.8. The zero-order chi connectivity index (χ0) is 18.1. The van der Waals surface area contributed by atoms with Gasteiger partial charge in [0.2, 0.25) is 0 Å². The Kier molecular flexibility index (Phi) is 3.99. The smallest absolute Gasteiger partial charge is 0.352 e. The van der Waals surface area contributed by atoms with E-state index in [1.165, 1.54) is 29.2 Å². The molecule has 0 saturated carbocycles. The molecule has 0 saturated heterocycles. The number of imidazole rings is 1. The molecule has 1 aromatic heterocycles. The molecule has 0 bridgehead atoms. The van der Waals surface area contributed by atoms with Gasteiger partial charge in [-0.2, -0.15) is 0 Å². The highest BCUT2D eigenvalue weighted by Gasteiger charge is 2.30. The first kappa shape index (κ1) is 16.3. The molecule has 3 rings (SSSR count). The minimum absolute atomic E-state index is 0.0933. The van der Waals surface area contributed by atoms with Crippen molar-refractivity contribution in [2.45, 2.75) is 12.6 Å². The molecule has 1 atom stereocenters. The second-order valence-corrected chi connectivity index (χ2v) is 5.11. The molecule has 1 aliphatic rings. The number of benzene rings is 1. The lowest BCUT2D eigenvalue weighted by Crippen LogP contribution is -2.38. The Balaban J connectivity index is 2.20. The number of anilines is 1. The number of aliphatic hydroxyl groups is 1. The van der Waals surface area contributed by atoms with Crippen LogP contribution in [0.1, 0.15) is 5.69 Å². The van der Waals surface area contributed by atoms with E-state index in [0.29, 0.717) is 12.0 Å². The minimum Gasteiger partial charge on any atom is -0.477 e. The van der Waals surface area contributed by atoms with Crippen molar-refractivity contribution >= 4 is 35.0 Å². The number of aromatic nitrogens is 2. The standard InChI is InChI=1S/C14H11N5O6/c20-4-7-3-18(6-15-7)11-1-9-8(2-12(11)19(24)25)16-10(5-21)13(17-9)14(22)23/h1-3,5-6,10,16,20H,4H2,(H,22,23). The van der Waals surface area contributed by atoms with E-state index in [1.54, 1.807) is 0 Å². The quantitative estimate of drug-likeness (QED) is 0.399. The van der Waals surface area contributed by atoms with Gasteiger partial charge in [0, 0.05) is 12.3 Å². The summed E-state index contributed by atoms with van der Waals surface area (Å²) < 4.78 is 1.33. The lowest BCUT2D eigenvalue weighted by atomic mass is 10.1. The summed E-state index contributed by atoms with van der Waals surface area (Å²) >= 11 is 0. The van der Waals surface area contributed by atoms with Crippen molar-refractivity contribution in [3.05, 3.63) is 40.5 Å². The molecule has 0 spiro atoms. The summed E-state index contributed by atoms with van der Waals surface area (Å²) in [7, 11) is 0. The lowest BCUT2D eigenvalue weighted by Gasteiger charge is -2.21. The molecule has 0 aliphatic carbocycles. The van der Waals surface area contributed by atoms with E-state index in [-0.39, 0.29) is 29.4 Å². The van der Waals surface area contributed by atoms with Gasteiger partial charge in [0.05, 0.1) is 34.9 Å². The average molecular weight is 345 g/mol. The van der Waals surface area contributed by atoms with Crippen molar-refractivity contribution in [3.8, 4) is 5.69 Å². The van der Waals surface area contributed by atoms with Gasteiger partial charge in [-0.1, -0.05) is 0 Å². The first-order valence-corrected chi connectivity index (χ1v) is 6.95. The van der Waals surface area contributed by atoms with Gasteiger partial charge in [0.1, 0.15) is 18.0 Å². The molecule has 0 amide bonds. The molecule has 25 heavy (non-hydrogen) atoms. The first-order valence-electron chi connectivity index (χ1n) is 6.95. The Morgan fingerprint density at radius 3 is 2.80 bits per heavy atom. The Labute approximate surface area is 139 Å². The van der Waals surface area contributed by atoms with Crippen LogP contribution in [0.3, 0.4) is 0 Å². The molecule has 1 unspecified atom stereocenters. The maximum Gasteiger partial charge on any atom is 0.352 e. The second kappa shape index (κ2) is 6.13. The van der Waals surface area contributed by atoms with Gasteiger partial charge < -0.3 is 20.3 Å². The number of hydrogen-bond acceptors (Lipinski definition) is 8. The van der Waals surface area contributed by atoms with Gasteiger partial charge in [-0.25, -0.2) is 14.8 Å². The number of fused-ring (bicyclic) bond motifs is 1. The molecule has 0 radical (unpaired) electrons. The number of rotatable bonds is 5. The topological polar surface area (TPSA) is 160 Å². The van der Waals surface area contributed by atoms with Crippen LogP contribution in [-0.2, 0) is 16.2 Å². The monoisotopic (exact) mass is 345 g/mol. The third-order valence-electron chi connectivity index (χ3n) is 3.57. The average Bonchev–Trinajstić information content (AvgIpc) is 3.08. The maximum absolute atomic E-state index is 11.4. The molecular weight excluding hydrogens is 334 g/mol. The van der Waals surface area contributed by atoms with E-state index < -0.39 is 22.6 Å². The fraction of sp³-hybridized carbons (Fsp3) is 0.143. The summed E-state index contributed by atoms with van der Waals surface area (Å²) in [6.07, 6.45) is 3.05. The number of nitro groups is 1. The van der Waals surface area contributed by atoms with Gasteiger partial charge in [-0.05, 0) is 6.07 Å². The highest BCUT2D eigenvalue weighted by Crippen LogP contribution is 2.37. The molecule has 1 aromatic carbocycles. The summed E-state index contributed by atoms with van der Waals surface area (Å²) in [5.41, 5.74) is -0.0113. The molecule has 2 heterocycles. The normalized spacial score (nSPS) is 15.7. The van der Waals surface area contributed by atoms with Crippen LogP contribution in [0.15, 0.2) is 29.6 Å². The molecule has 2 aromatic rings. The summed E-state index contributed by atoms with van der Waals surface area (Å²) in [6.45, 7) is -0.338. The number of aliphatic hydroxyl groups excluding tert-OH is 1. The largest absolute Gasteiger partial charge is 0.477 e. The van der Waals surface area contributed by atoms with Crippen molar-refractivity contribution in [2.24, 2.45) is 4.99 Å². The predicted octanol–water partition coefficient (Wildman–Crippen LogP) is 0.423. The van der Waals surface area contributed by atoms with Crippen LogP contribution in [0.5, 0.6) is 0 Å². The Bertz CT molecular complexity index is 918. The SMILES string of the molecule is O=CC1Nc2cc([N+](=O)[O-])c(-n3cnc(CO)c3)cc2N=C1C(=O)O. The summed E-state index contributed by atoms with van der Waals surface area (Å²) in [5, 5.41) is 32.2. The highest BCUT2D eigenvalue weighted by atomic mass is 16.6. The van der Waals surface area contributed by atoms with Crippen LogP contribution in [0.25, 0.3) is 5.69 Å². The van der Waals surface area contributed by atoms with Gasteiger partial charge in [-0.15, -0.1) is 0 Å². The number of carbonyl (C=O) groups excluding carboxylic acids is 1. The van der Waals surface area contributed by atoms with Crippen molar-refractivity contribution < 1.29 is 24.7 Å². The molecule has 128 valence electrons. The Morgan fingerprint density at radius 1 is 1.48 bits per heavy atom. The molecule has 0 fully saturated rings. The molecule has 11 heteroatoms. The number of carbonyl (C=O) groups is 2. The molecule has 11 nitrogen and oxygen atoms in total. The number of hydrogen-bond donors (Lipinski definition) is 3. The van der Waals surface area contributed by atoms with Gasteiger partial charge in [-0.3, -0.25) is 14.7 Å². The number of nitrogens with zero attached hydrogens (tertiary/aromatic N) is 4. The zero-order valence-corrected chi connectivity index (χ0v) is 12.5. The van der Waals surface area contributed by atoms with Crippen molar-refractivity contribution in [1.29, 1.82) is 0 Å². The maximum atomic E-state index is 11.4. The van der Waals surface area contributed by atoms with Crippen LogP contribution >= 0.6 is 0 Å². The fourth-order valence-corrected chi connectivity index (χ4v) is 2.42. The summed E-state index contributed by atoms with van der Waals surface area (Å²) in [5.74, 6) is -1.37. The van der Waals surface area contributed by atoms with E-state index >= 15 is 0 Å². The third-order valence-corrected chi connectivity index (χ3v) is 3.57. The molecular formula is C14H11N5O6. The molecule has 3 N–H and O–H groups in total. The Morgan fingerprint density at radius 2 is 2.24 bits per heavy atom. The number of carboxylic acid groups (broad SMARTS) is 1. The van der Waals surface area contributed by atoms with Crippen LogP contribution in [0.2, 0.25) is 0 Å². The number of nitrogens with one attached hydrogen (secondary N) is 1. The zero-order valence-electron chi connectivity index (χ0n) is 12.5. The predicted molar refractivity (Wildman–Crippen MR) is 84.3 cm³/mol. The van der Waals surface area contributed by atoms with E-state index in [1.807, 2.05) is 0 Å². The van der Waals surface area contributed by atoms with Crippen molar-refractivity contribution in [1.82, 2.24) is 9.55 Å². The van der Waals surface area contributed by atoms with Crippen molar-refractivity contribution in [2.75, 3.05) is 5.32 Å². The van der Waals surface area contributed by atoms with E-state index in [0.717, 1.165) is 0 Å². The van der Waals surface area contributed by atoms with Crippen molar-refractivity contribution in [3.63, 3.8) is 0 Å². The number of aldehydes is 1. The highest BCUT2D eigenvalue weighted by molar-refractivity contribution is 6.42. The number of nitro benzene ring substituents is 1. The lowest BCUT2D eigenvalue weighted by molar-refractivity contribution is -0.384. The van der Waals surface area contributed by atoms with E-state index in [4.69, 9.17) is 10.2 Å².